The number of aliphatic hydroxyl groups is 2. The largest absolute Gasteiger partial charge is 0.512 e. The van der Waals surface area contributed by atoms with Crippen LogP contribution in [0.3, 0.4) is 0 Å². The first-order valence-corrected chi connectivity index (χ1v) is 12.3. The van der Waals surface area contributed by atoms with Crippen LogP contribution in [0.2, 0.25) is 0 Å². The van der Waals surface area contributed by atoms with E-state index in [4.69, 9.17) is 0 Å². The van der Waals surface area contributed by atoms with Crippen LogP contribution in [-0.2, 0) is 29.1 Å². The zero-order chi connectivity index (χ0) is 27.4. The van der Waals surface area contributed by atoms with E-state index in [1.54, 1.807) is 0 Å². The molecule has 0 bridgehead atoms. The van der Waals surface area contributed by atoms with Gasteiger partial charge in [0, 0.05) is 53.3 Å². The summed E-state index contributed by atoms with van der Waals surface area (Å²) >= 11 is 0. The van der Waals surface area contributed by atoms with Gasteiger partial charge in [-0.3, -0.25) is 9.59 Å². The molecule has 4 nitrogen and oxygen atoms in total. The number of allylic oxidation sites excluding steroid dienone is 4. The van der Waals surface area contributed by atoms with E-state index in [-0.39, 0.29) is 53.4 Å². The summed E-state index contributed by atoms with van der Waals surface area (Å²) in [4.78, 5) is 23.0. The summed E-state index contributed by atoms with van der Waals surface area (Å²) in [5.74, 6) is 0.208. The van der Waals surface area contributed by atoms with Crippen LogP contribution in [0, 0.1) is 47.3 Å². The predicted molar refractivity (Wildman–Crippen MR) is 145 cm³/mol. The SMILES string of the molecule is CC(C)(C)C(=O)/C=C(/O)C(C)(C)C.CC(C)(C)C(=O)/C=C(\O)C(C)(C)C.[CH]1[CH]CC[CH][CH]CC1.[Ru]. The van der Waals surface area contributed by atoms with Crippen LogP contribution < -0.4 is 0 Å². The molecule has 0 aromatic carbocycles. The van der Waals surface area contributed by atoms with E-state index >= 15 is 0 Å². The molecule has 35 heavy (non-hydrogen) atoms. The maximum atomic E-state index is 11.5. The van der Waals surface area contributed by atoms with Gasteiger partial charge < -0.3 is 10.2 Å². The molecule has 0 amide bonds. The zero-order valence-corrected chi connectivity index (χ0v) is 26.1. The molecule has 1 rings (SSSR count). The van der Waals surface area contributed by atoms with E-state index in [1.165, 1.54) is 37.8 Å². The monoisotopic (exact) mass is 578 g/mol. The van der Waals surface area contributed by atoms with E-state index in [2.05, 4.69) is 25.7 Å². The summed E-state index contributed by atoms with van der Waals surface area (Å²) in [6, 6.07) is 0. The van der Waals surface area contributed by atoms with E-state index in [0.717, 1.165) is 0 Å². The van der Waals surface area contributed by atoms with Crippen LogP contribution in [0.5, 0.6) is 0 Å². The fraction of sp³-hybridized carbons (Fsp3) is 0.667. The molecule has 1 aliphatic carbocycles. The van der Waals surface area contributed by atoms with Gasteiger partial charge in [-0.05, 0) is 51.4 Å². The molecular weight excluding hydrogens is 525 g/mol. The van der Waals surface area contributed by atoms with Crippen LogP contribution >= 0.6 is 0 Å². The Hall–Kier alpha value is -0.957. The van der Waals surface area contributed by atoms with Crippen molar-refractivity contribution in [3.63, 3.8) is 0 Å². The van der Waals surface area contributed by atoms with Crippen molar-refractivity contribution in [1.82, 2.24) is 0 Å². The molecule has 204 valence electrons. The summed E-state index contributed by atoms with van der Waals surface area (Å²) in [7, 11) is 0. The van der Waals surface area contributed by atoms with E-state index in [1.807, 2.05) is 83.1 Å². The molecule has 0 unspecified atom stereocenters. The van der Waals surface area contributed by atoms with Gasteiger partial charge in [0.15, 0.2) is 11.6 Å². The Labute approximate surface area is 230 Å². The number of hydrogen-bond donors (Lipinski definition) is 2. The summed E-state index contributed by atoms with van der Waals surface area (Å²) < 4.78 is 0. The quantitative estimate of drug-likeness (QED) is 0.196. The Morgan fingerprint density at radius 1 is 0.514 bits per heavy atom. The van der Waals surface area contributed by atoms with Gasteiger partial charge in [0.25, 0.3) is 0 Å². The minimum absolute atomic E-state index is 0. The molecule has 1 fully saturated rings. The van der Waals surface area contributed by atoms with Gasteiger partial charge in [0.2, 0.25) is 0 Å². The number of ketones is 2. The van der Waals surface area contributed by atoms with Crippen LogP contribution in [0.15, 0.2) is 23.7 Å². The maximum Gasteiger partial charge on any atom is 0.164 e. The molecule has 5 heteroatoms. The summed E-state index contributed by atoms with van der Waals surface area (Å²) in [5, 5.41) is 19.1. The average Bonchev–Trinajstić information content (AvgIpc) is 2.58. The third-order valence-electron chi connectivity index (χ3n) is 4.88. The third kappa shape index (κ3) is 20.9. The molecule has 0 atom stereocenters. The number of rotatable bonds is 2. The Morgan fingerprint density at radius 2 is 0.714 bits per heavy atom. The van der Waals surface area contributed by atoms with E-state index in [9.17, 15) is 19.8 Å². The fourth-order valence-corrected chi connectivity index (χ4v) is 1.97. The van der Waals surface area contributed by atoms with Gasteiger partial charge >= 0.3 is 0 Å². The van der Waals surface area contributed by atoms with Crippen LogP contribution in [0.25, 0.3) is 0 Å². The first-order valence-electron chi connectivity index (χ1n) is 12.3. The molecule has 1 saturated carbocycles. The van der Waals surface area contributed by atoms with Crippen molar-refractivity contribution in [3.05, 3.63) is 49.4 Å². The summed E-state index contributed by atoms with van der Waals surface area (Å²) in [5.41, 5.74) is -1.53. The van der Waals surface area contributed by atoms with Crippen molar-refractivity contribution in [2.45, 2.75) is 109 Å². The number of aliphatic hydroxyl groups excluding tert-OH is 2. The smallest absolute Gasteiger partial charge is 0.164 e. The maximum absolute atomic E-state index is 11.5. The van der Waals surface area contributed by atoms with E-state index in [0.29, 0.717) is 0 Å². The second-order valence-corrected chi connectivity index (χ2v) is 12.9. The zero-order valence-electron chi connectivity index (χ0n) is 24.4. The van der Waals surface area contributed by atoms with Crippen molar-refractivity contribution in [2.24, 2.45) is 21.7 Å². The second-order valence-electron chi connectivity index (χ2n) is 12.9. The third-order valence-corrected chi connectivity index (χ3v) is 4.88. The predicted octanol–water partition coefficient (Wildman–Crippen LogP) is 8.55. The molecule has 0 heterocycles. The number of hydrogen-bond acceptors (Lipinski definition) is 4. The molecule has 0 saturated heterocycles. The van der Waals surface area contributed by atoms with Crippen molar-refractivity contribution in [1.29, 1.82) is 0 Å². The first-order chi connectivity index (χ1) is 15.1. The molecule has 0 aliphatic heterocycles. The Kier molecular flexibility index (Phi) is 18.4. The van der Waals surface area contributed by atoms with Gasteiger partial charge in [-0.2, -0.15) is 0 Å². The number of carbonyl (C=O) groups excluding carboxylic acids is 2. The Bertz CT molecular complexity index is 599. The van der Waals surface area contributed by atoms with Crippen LogP contribution in [0.4, 0.5) is 0 Å². The molecule has 4 radical (unpaired) electrons. The summed E-state index contributed by atoms with van der Waals surface area (Å²) in [6.07, 6.45) is 16.7. The second kappa shape index (κ2) is 16.7. The van der Waals surface area contributed by atoms with Gasteiger partial charge in [0.05, 0.1) is 0 Å². The standard InChI is InChI=1S/2C11H20O2.C8H12.Ru/c2*1-10(2,3)8(12)7-9(13)11(4,5)6;1-2-4-6-8-7-5-3-1;/h2*7,12H,1-6H3;1-2,7-8H,3-6H2;/b8-7+;8-7-;;. The molecule has 0 aromatic heterocycles. The van der Waals surface area contributed by atoms with Crippen LogP contribution in [0.1, 0.15) is 109 Å². The topological polar surface area (TPSA) is 74.6 Å². The fourth-order valence-electron chi connectivity index (χ4n) is 1.97. The van der Waals surface area contributed by atoms with Gasteiger partial charge in [-0.15, -0.1) is 0 Å². The van der Waals surface area contributed by atoms with E-state index < -0.39 is 10.8 Å². The molecular formula is C30H52O4Ru. The van der Waals surface area contributed by atoms with Crippen molar-refractivity contribution >= 4 is 11.6 Å². The molecule has 0 spiro atoms. The summed E-state index contributed by atoms with van der Waals surface area (Å²) in [6.45, 7) is 22.2. The molecule has 0 aromatic rings. The Balaban J connectivity index is -0.000000444. The van der Waals surface area contributed by atoms with Gasteiger partial charge in [-0.1, -0.05) is 83.1 Å². The minimum Gasteiger partial charge on any atom is -0.512 e. The minimum atomic E-state index is -0.417. The van der Waals surface area contributed by atoms with Crippen LogP contribution in [-0.4, -0.2) is 21.8 Å². The molecule has 1 aliphatic rings. The van der Waals surface area contributed by atoms with Gasteiger partial charge in [-0.25, -0.2) is 0 Å². The van der Waals surface area contributed by atoms with Crippen molar-refractivity contribution in [3.8, 4) is 0 Å². The normalized spacial score (nSPS) is 16.2. The van der Waals surface area contributed by atoms with Crippen molar-refractivity contribution in [2.75, 3.05) is 0 Å². The van der Waals surface area contributed by atoms with Crippen molar-refractivity contribution < 1.29 is 39.3 Å². The molecule has 2 N–H and O–H groups in total. The number of carbonyl (C=O) groups is 2. The van der Waals surface area contributed by atoms with Gasteiger partial charge in [0.1, 0.15) is 11.5 Å². The first kappa shape index (κ1) is 38.6. The average molecular weight is 578 g/mol. The Morgan fingerprint density at radius 3 is 0.857 bits per heavy atom.